The summed E-state index contributed by atoms with van der Waals surface area (Å²) in [6, 6.07) is 6.09. The number of fused-ring (bicyclic) bond motifs is 6. The molecule has 11 atom stereocenters. The lowest BCUT2D eigenvalue weighted by molar-refractivity contribution is -0.162. The van der Waals surface area contributed by atoms with E-state index >= 15 is 0 Å². The van der Waals surface area contributed by atoms with Crippen LogP contribution in [0.15, 0.2) is 88.3 Å². The van der Waals surface area contributed by atoms with Crippen molar-refractivity contribution in [2.45, 2.75) is 48.3 Å². The number of rotatable bonds is 4. The lowest BCUT2D eigenvalue weighted by Crippen LogP contribution is -2.68. The van der Waals surface area contributed by atoms with Crippen molar-refractivity contribution in [3.8, 4) is 11.5 Å². The molecule has 0 fully saturated rings. The van der Waals surface area contributed by atoms with Crippen molar-refractivity contribution in [1.82, 2.24) is 9.80 Å². The number of phenolic OH excluding ortho intramolecular Hbond substituents is 2. The van der Waals surface area contributed by atoms with Gasteiger partial charge in [-0.1, -0.05) is 37.8 Å². The average molecular weight is 905 g/mol. The number of carbonyl (C=O) groups excluding carboxylic acids is 6. The van der Waals surface area contributed by atoms with Gasteiger partial charge in [0.1, 0.15) is 45.7 Å². The highest BCUT2D eigenvalue weighted by Crippen LogP contribution is 2.57. The second-order valence-electron chi connectivity index (χ2n) is 17.2. The van der Waals surface area contributed by atoms with E-state index in [1.807, 2.05) is 0 Å². The molecule has 2 aromatic rings. The predicted molar refractivity (Wildman–Crippen MR) is 224 cm³/mol. The molecule has 0 saturated carbocycles. The Morgan fingerprint density at radius 2 is 1.08 bits per heavy atom. The van der Waals surface area contributed by atoms with Gasteiger partial charge in [0.05, 0.1) is 52.8 Å². The quantitative estimate of drug-likeness (QED) is 0.154. The number of phenols is 2. The molecule has 6 aliphatic rings. The first-order chi connectivity index (χ1) is 29.7. The van der Waals surface area contributed by atoms with Gasteiger partial charge in [-0.3, -0.25) is 38.6 Å². The second-order valence-corrected chi connectivity index (χ2v) is 17.2. The number of aromatic hydroxyl groups is 2. The minimum Gasteiger partial charge on any atom is -0.510 e. The fourth-order valence-electron chi connectivity index (χ4n) is 10.8. The molecule has 21 nitrogen and oxygen atoms in total. The van der Waals surface area contributed by atoms with Crippen LogP contribution in [-0.4, -0.2) is 165 Å². The number of carbonyl (C=O) groups is 6. The van der Waals surface area contributed by atoms with Crippen LogP contribution in [0.4, 0.5) is 0 Å². The molecule has 0 aliphatic heterocycles. The Kier molecular flexibility index (Phi) is 11.6. The molecule has 8 rings (SSSR count). The van der Waals surface area contributed by atoms with Gasteiger partial charge < -0.3 is 68.0 Å². The van der Waals surface area contributed by atoms with Crippen molar-refractivity contribution < 1.29 is 85.3 Å². The summed E-state index contributed by atoms with van der Waals surface area (Å²) < 4.78 is 0. The molecule has 2 aromatic carbocycles. The van der Waals surface area contributed by atoms with E-state index in [0.717, 1.165) is 0 Å². The van der Waals surface area contributed by atoms with Crippen LogP contribution in [0.2, 0.25) is 0 Å². The number of amides is 2. The predicted octanol–water partition coefficient (Wildman–Crippen LogP) is -1.61. The minimum absolute atomic E-state index is 0. The molecular weight excluding hydrogens is 856 g/mol. The van der Waals surface area contributed by atoms with E-state index in [4.69, 9.17) is 11.5 Å². The molecule has 21 heteroatoms. The topological polar surface area (TPSA) is 395 Å². The van der Waals surface area contributed by atoms with E-state index in [1.165, 1.54) is 62.3 Å². The fraction of sp³-hybridized carbons (Fsp3) is 0.364. The van der Waals surface area contributed by atoms with Gasteiger partial charge in [-0.15, -0.1) is 0 Å². The summed E-state index contributed by atoms with van der Waals surface area (Å²) in [5.41, 5.74) is 2.42. The van der Waals surface area contributed by atoms with Crippen molar-refractivity contribution in [1.29, 1.82) is 0 Å². The van der Waals surface area contributed by atoms with Crippen molar-refractivity contribution in [3.05, 3.63) is 111 Å². The molecule has 0 spiro atoms. The number of benzene rings is 2. The van der Waals surface area contributed by atoms with Crippen molar-refractivity contribution in [2.75, 3.05) is 28.2 Å². The maximum Gasteiger partial charge on any atom is 0.255 e. The Hall–Kier alpha value is -6.72. The monoisotopic (exact) mass is 904 g/mol. The van der Waals surface area contributed by atoms with Gasteiger partial charge in [0.2, 0.25) is 11.6 Å². The molecule has 16 N–H and O–H groups in total. The van der Waals surface area contributed by atoms with Gasteiger partial charge in [-0.2, -0.15) is 0 Å². The summed E-state index contributed by atoms with van der Waals surface area (Å²) in [6.45, 7) is 5.59. The standard InChI is InChI=1S/C22H24N2O8.C22H22N2O8.H2O/c2*1-7-8-5-4-6-9(25)11(8)16(26)12-10(7)17(27)14-15(24(2)3)18(28)13(21(23)31)20(30)22(14,32)19(12)29;/h4-7,10,14-15,17,25,27-29,32H,1-3H3,(H2,23,31);4-6,10,14-15,17,25,27-29,32H,1H2,2-3H3,(H2,23,31);1H2/t7-,10+,14+,15-,17-,22-;10-,14-,15+,17+,22+;/m01./s1. The zero-order chi connectivity index (χ0) is 47.7. The number of aliphatic hydroxyl groups excluding tert-OH is 6. The van der Waals surface area contributed by atoms with Crippen molar-refractivity contribution in [3.63, 3.8) is 0 Å². The fourth-order valence-corrected chi connectivity index (χ4v) is 10.8. The summed E-state index contributed by atoms with van der Waals surface area (Å²) in [5.74, 6) is -17.6. The summed E-state index contributed by atoms with van der Waals surface area (Å²) in [6.07, 6.45) is -3.28. The number of primary amides is 2. The van der Waals surface area contributed by atoms with E-state index < -0.39 is 151 Å². The largest absolute Gasteiger partial charge is 0.510 e. The summed E-state index contributed by atoms with van der Waals surface area (Å²) >= 11 is 0. The van der Waals surface area contributed by atoms with Crippen LogP contribution in [0.3, 0.4) is 0 Å². The highest BCUT2D eigenvalue weighted by molar-refractivity contribution is 6.26. The highest BCUT2D eigenvalue weighted by Gasteiger charge is 2.69. The number of ketones is 4. The third-order valence-corrected chi connectivity index (χ3v) is 13.6. The summed E-state index contributed by atoms with van der Waals surface area (Å²) in [5, 5.41) is 110. The van der Waals surface area contributed by atoms with E-state index in [1.54, 1.807) is 19.1 Å². The Morgan fingerprint density at radius 3 is 1.54 bits per heavy atom. The normalized spacial score (nSPS) is 32.7. The van der Waals surface area contributed by atoms with Gasteiger partial charge in [0.15, 0.2) is 22.8 Å². The maximum atomic E-state index is 13.3. The molecule has 0 aromatic heterocycles. The van der Waals surface area contributed by atoms with E-state index in [-0.39, 0.29) is 33.5 Å². The zero-order valence-corrected chi connectivity index (χ0v) is 35.3. The van der Waals surface area contributed by atoms with Gasteiger partial charge in [-0.05, 0) is 62.9 Å². The first-order valence-electron chi connectivity index (χ1n) is 19.7. The molecule has 0 unspecified atom stereocenters. The van der Waals surface area contributed by atoms with Crippen LogP contribution in [0.1, 0.15) is 44.7 Å². The average Bonchev–Trinajstić information content (AvgIpc) is 3.20. The zero-order valence-electron chi connectivity index (χ0n) is 35.3. The van der Waals surface area contributed by atoms with Crippen molar-refractivity contribution in [2.24, 2.45) is 35.1 Å². The Bertz CT molecular complexity index is 2680. The summed E-state index contributed by atoms with van der Waals surface area (Å²) in [4.78, 5) is 79.5. The Balaban J connectivity index is 0.000000212. The molecular formula is C44H48N4O17. The molecule has 0 heterocycles. The van der Waals surface area contributed by atoms with E-state index in [9.17, 15) is 79.8 Å². The third-order valence-electron chi connectivity index (χ3n) is 13.6. The second kappa shape index (κ2) is 15.8. The van der Waals surface area contributed by atoms with E-state index in [0.29, 0.717) is 5.56 Å². The van der Waals surface area contributed by atoms with Crippen LogP contribution < -0.4 is 11.5 Å². The van der Waals surface area contributed by atoms with Crippen LogP contribution >= 0.6 is 0 Å². The Labute approximate surface area is 368 Å². The number of nitrogens with zero attached hydrogens (tertiary/aromatic N) is 2. The maximum absolute atomic E-state index is 13.3. The van der Waals surface area contributed by atoms with Crippen LogP contribution in [-0.2, 0) is 19.2 Å². The lowest BCUT2D eigenvalue weighted by atomic mass is 9.55. The molecule has 0 saturated heterocycles. The molecule has 346 valence electrons. The Morgan fingerprint density at radius 1 is 0.662 bits per heavy atom. The molecule has 65 heavy (non-hydrogen) atoms. The van der Waals surface area contributed by atoms with Crippen LogP contribution in [0.5, 0.6) is 11.5 Å². The number of Topliss-reactive ketones (excluding diaryl/α,β-unsaturated/α-hetero) is 4. The van der Waals surface area contributed by atoms with Gasteiger partial charge in [-0.25, -0.2) is 0 Å². The van der Waals surface area contributed by atoms with E-state index in [2.05, 4.69) is 6.58 Å². The molecule has 6 aliphatic carbocycles. The number of aliphatic hydroxyl groups is 8. The molecule has 0 bridgehead atoms. The van der Waals surface area contributed by atoms with Crippen LogP contribution in [0.25, 0.3) is 5.57 Å². The van der Waals surface area contributed by atoms with Gasteiger partial charge in [0, 0.05) is 17.4 Å². The third kappa shape index (κ3) is 6.11. The van der Waals surface area contributed by atoms with Gasteiger partial charge in [0.25, 0.3) is 11.8 Å². The lowest BCUT2D eigenvalue weighted by Gasteiger charge is -2.53. The van der Waals surface area contributed by atoms with Gasteiger partial charge >= 0.3 is 0 Å². The first kappa shape index (κ1) is 47.8. The molecule has 2 amide bonds. The SMILES string of the molecule is C=C1c2cccc(O)c2C(=O)C2=C(O)[C@]3(O)C(=O)C(C(N)=O)=C(O)[C@@H](N(C)C)[C@@H]3[C@@H](O)[C@H]12.C[C@H]1c2cccc(O)c2C(=O)C2=C(O)[C@]3(O)C(=O)C(C(N)=O)=C(O)[C@@H](N(C)C)[C@@H]3[C@@H](O)[C@@H]21.O. The van der Waals surface area contributed by atoms with Crippen LogP contribution in [0, 0.1) is 23.7 Å². The smallest absolute Gasteiger partial charge is 0.255 e. The molecule has 0 radical (unpaired) electrons. The summed E-state index contributed by atoms with van der Waals surface area (Å²) in [7, 11) is 5.91. The number of hydrogen-bond acceptors (Lipinski definition) is 18. The van der Waals surface area contributed by atoms with Crippen molar-refractivity contribution >= 4 is 40.5 Å². The highest BCUT2D eigenvalue weighted by atomic mass is 16.4. The minimum atomic E-state index is -2.94. The number of nitrogens with two attached hydrogens (primary N) is 2. The number of likely N-dealkylation sites (N-methyl/N-ethyl adjacent to an activating group) is 2. The number of hydrogen-bond donors (Lipinski definition) is 12. The first-order valence-corrected chi connectivity index (χ1v) is 19.7.